The molecular weight excluding hydrogens is 426 g/mol. The Bertz CT molecular complexity index is 1200. The summed E-state index contributed by atoms with van der Waals surface area (Å²) in [4.78, 5) is 15.4. The minimum Gasteiger partial charge on any atom is -0.493 e. The van der Waals surface area contributed by atoms with E-state index in [9.17, 15) is 13.2 Å². The normalized spacial score (nSPS) is 12.4. The van der Waals surface area contributed by atoms with Crippen LogP contribution in [-0.2, 0) is 16.7 Å². The second-order valence-electron chi connectivity index (χ2n) is 7.63. The number of fused-ring (bicyclic) bond motifs is 1. The molecule has 0 fully saturated rings. The van der Waals surface area contributed by atoms with Crippen LogP contribution in [0.25, 0.3) is 10.8 Å². The van der Waals surface area contributed by atoms with Gasteiger partial charge in [0, 0.05) is 18.2 Å². The Morgan fingerprint density at radius 3 is 2.41 bits per heavy atom. The molecule has 0 aliphatic heterocycles. The molecule has 0 spiro atoms. The van der Waals surface area contributed by atoms with E-state index in [1.807, 2.05) is 67.3 Å². The molecule has 0 N–H and O–H groups in total. The molecule has 3 rings (SSSR count). The number of methoxy groups -OCH3 is 1. The summed E-state index contributed by atoms with van der Waals surface area (Å²) in [5.41, 5.74) is 1.39. The van der Waals surface area contributed by atoms with Crippen molar-refractivity contribution in [1.82, 2.24) is 4.90 Å². The van der Waals surface area contributed by atoms with Crippen LogP contribution in [0.2, 0.25) is 0 Å². The first-order valence-electron chi connectivity index (χ1n) is 10.7. The van der Waals surface area contributed by atoms with Gasteiger partial charge in [-0.25, -0.2) is 0 Å². The van der Waals surface area contributed by atoms with Crippen molar-refractivity contribution >= 4 is 26.8 Å². The summed E-state index contributed by atoms with van der Waals surface area (Å²) in [6, 6.07) is 18.6. The van der Waals surface area contributed by atoms with Gasteiger partial charge in [0.25, 0.3) is 5.91 Å². The minimum absolute atomic E-state index is 0.0210. The molecule has 0 saturated carbocycles. The fourth-order valence-corrected chi connectivity index (χ4v) is 4.01. The van der Waals surface area contributed by atoms with Crippen LogP contribution in [0.5, 0.6) is 11.5 Å². The van der Waals surface area contributed by atoms with Gasteiger partial charge in [-0.3, -0.25) is 4.79 Å². The molecule has 3 aromatic carbocycles. The lowest BCUT2D eigenvalue weighted by molar-refractivity contribution is 0.0673. The van der Waals surface area contributed by atoms with E-state index in [0.29, 0.717) is 17.9 Å². The highest BCUT2D eigenvalue weighted by Crippen LogP contribution is 2.31. The molecule has 0 radical (unpaired) electrons. The molecule has 6 nitrogen and oxygen atoms in total. The quantitative estimate of drug-likeness (QED) is 0.424. The molecule has 32 heavy (non-hydrogen) atoms. The third-order valence-corrected chi connectivity index (χ3v) is 6.70. The first-order chi connectivity index (χ1) is 15.3. The number of hydrogen-bond donors (Lipinski definition) is 0. The Morgan fingerprint density at radius 1 is 1.00 bits per heavy atom. The summed E-state index contributed by atoms with van der Waals surface area (Å²) in [5.74, 6) is 0.212. The van der Waals surface area contributed by atoms with Gasteiger partial charge in [-0.1, -0.05) is 49.4 Å². The van der Waals surface area contributed by atoms with E-state index in [2.05, 4.69) is 0 Å². The van der Waals surface area contributed by atoms with Gasteiger partial charge >= 0.3 is 10.1 Å². The Labute approximate surface area is 189 Å². The maximum absolute atomic E-state index is 13.6. The maximum atomic E-state index is 13.6. The van der Waals surface area contributed by atoms with E-state index < -0.39 is 10.1 Å². The first-order valence-corrected chi connectivity index (χ1v) is 12.2. The van der Waals surface area contributed by atoms with Gasteiger partial charge in [0.15, 0.2) is 11.5 Å². The maximum Gasteiger partial charge on any atom is 0.309 e. The minimum atomic E-state index is -3.72. The number of rotatable bonds is 9. The van der Waals surface area contributed by atoms with E-state index in [0.717, 1.165) is 22.8 Å². The zero-order valence-corrected chi connectivity index (χ0v) is 19.7. The van der Waals surface area contributed by atoms with Crippen molar-refractivity contribution in [1.29, 1.82) is 0 Å². The summed E-state index contributed by atoms with van der Waals surface area (Å²) in [5, 5.41) is 1.91. The van der Waals surface area contributed by atoms with Crippen LogP contribution in [0.15, 0.2) is 60.7 Å². The second-order valence-corrected chi connectivity index (χ2v) is 9.49. The lowest BCUT2D eigenvalue weighted by Gasteiger charge is -2.29. The van der Waals surface area contributed by atoms with E-state index in [-0.39, 0.29) is 23.5 Å². The average molecular weight is 456 g/mol. The molecule has 0 aliphatic rings. The number of carbonyl (C=O) groups is 1. The Kier molecular flexibility index (Phi) is 7.40. The van der Waals surface area contributed by atoms with Crippen molar-refractivity contribution < 1.29 is 22.1 Å². The second kappa shape index (κ2) is 10.0. The van der Waals surface area contributed by atoms with Crippen molar-refractivity contribution in [2.75, 3.05) is 12.9 Å². The fraction of sp³-hybridized carbons (Fsp3) is 0.320. The molecule has 7 heteroatoms. The molecule has 0 aromatic heterocycles. The Morgan fingerprint density at radius 2 is 1.72 bits per heavy atom. The molecule has 1 unspecified atom stereocenters. The molecule has 0 bridgehead atoms. The number of nitrogens with zero attached hydrogens (tertiary/aromatic N) is 1. The number of hydrogen-bond acceptors (Lipinski definition) is 5. The van der Waals surface area contributed by atoms with Crippen molar-refractivity contribution in [3.63, 3.8) is 0 Å². The molecule has 0 saturated heterocycles. The highest BCUT2D eigenvalue weighted by atomic mass is 32.2. The predicted octanol–water partition coefficient (Wildman–Crippen LogP) is 5.02. The predicted molar refractivity (Wildman–Crippen MR) is 127 cm³/mol. The van der Waals surface area contributed by atoms with Gasteiger partial charge in [0.05, 0.1) is 12.9 Å². The van der Waals surface area contributed by atoms with E-state index in [1.165, 1.54) is 14.0 Å². The van der Waals surface area contributed by atoms with Gasteiger partial charge in [0.2, 0.25) is 0 Å². The number of amides is 1. The highest BCUT2D eigenvalue weighted by Gasteiger charge is 2.23. The van der Waals surface area contributed by atoms with E-state index >= 15 is 0 Å². The first kappa shape index (κ1) is 23.6. The number of ether oxygens (including phenoxy) is 1. The molecule has 0 aliphatic carbocycles. The highest BCUT2D eigenvalue weighted by molar-refractivity contribution is 7.87. The molecule has 0 heterocycles. The van der Waals surface area contributed by atoms with Crippen LogP contribution < -0.4 is 8.92 Å². The topological polar surface area (TPSA) is 72.9 Å². The van der Waals surface area contributed by atoms with Crippen LogP contribution in [0.1, 0.15) is 43.1 Å². The van der Waals surface area contributed by atoms with Crippen molar-refractivity contribution in [3.8, 4) is 11.5 Å². The summed E-state index contributed by atoms with van der Waals surface area (Å²) >= 11 is 0. The van der Waals surface area contributed by atoms with Crippen LogP contribution in [-0.4, -0.2) is 38.1 Å². The van der Waals surface area contributed by atoms with Crippen molar-refractivity contribution in [2.45, 2.75) is 39.8 Å². The van der Waals surface area contributed by atoms with Gasteiger partial charge in [-0.2, -0.15) is 8.42 Å². The van der Waals surface area contributed by atoms with Crippen LogP contribution in [0.3, 0.4) is 0 Å². The van der Waals surface area contributed by atoms with E-state index in [4.69, 9.17) is 8.92 Å². The molecule has 1 amide bonds. The third kappa shape index (κ3) is 5.22. The number of benzene rings is 3. The van der Waals surface area contributed by atoms with Crippen molar-refractivity contribution in [2.24, 2.45) is 0 Å². The number of carbonyl (C=O) groups excluding carboxylic acids is 1. The Balaban J connectivity index is 1.98. The molecule has 3 aromatic rings. The van der Waals surface area contributed by atoms with Crippen LogP contribution in [0.4, 0.5) is 0 Å². The van der Waals surface area contributed by atoms with E-state index in [1.54, 1.807) is 12.1 Å². The van der Waals surface area contributed by atoms with Crippen LogP contribution >= 0.6 is 0 Å². The largest absolute Gasteiger partial charge is 0.493 e. The molecular formula is C25H29NO5S. The van der Waals surface area contributed by atoms with Gasteiger partial charge in [-0.15, -0.1) is 0 Å². The zero-order valence-electron chi connectivity index (χ0n) is 18.9. The Hall–Kier alpha value is -3.06. The third-order valence-electron chi connectivity index (χ3n) is 5.56. The average Bonchev–Trinajstić information content (AvgIpc) is 2.81. The molecule has 1 atom stereocenters. The van der Waals surface area contributed by atoms with Gasteiger partial charge < -0.3 is 13.8 Å². The summed E-state index contributed by atoms with van der Waals surface area (Å²) < 4.78 is 34.5. The summed E-state index contributed by atoms with van der Waals surface area (Å²) in [6.07, 6.45) is 0.778. The standard InChI is InChI=1S/C25H29NO5S/c1-5-18(3)26(25(27)22-13-9-11-20-10-7-8-12-21(20)22)17-19-14-15-23(30-4)24(16-19)31-32(28,29)6-2/h7-16,18H,5-6,17H2,1-4H3. The monoisotopic (exact) mass is 455 g/mol. The molecule has 170 valence electrons. The summed E-state index contributed by atoms with van der Waals surface area (Å²) in [7, 11) is -2.26. The lowest BCUT2D eigenvalue weighted by Crippen LogP contribution is -2.37. The fourth-order valence-electron chi connectivity index (χ4n) is 3.49. The zero-order chi connectivity index (χ0) is 23.3. The lowest BCUT2D eigenvalue weighted by atomic mass is 10.0. The van der Waals surface area contributed by atoms with Crippen molar-refractivity contribution in [3.05, 3.63) is 71.8 Å². The SMILES string of the molecule is CCC(C)N(Cc1ccc(OC)c(OS(=O)(=O)CC)c1)C(=O)c1cccc2ccccc12. The van der Waals surface area contributed by atoms with Gasteiger partial charge in [0.1, 0.15) is 0 Å². The van der Waals surface area contributed by atoms with Gasteiger partial charge in [-0.05, 0) is 54.8 Å². The smallest absolute Gasteiger partial charge is 0.309 e. The summed E-state index contributed by atoms with van der Waals surface area (Å²) in [6.45, 7) is 5.86. The van der Waals surface area contributed by atoms with Crippen LogP contribution in [0, 0.1) is 0 Å².